The molecule has 0 atom stereocenters. The lowest BCUT2D eigenvalue weighted by atomic mass is 10.0. The van der Waals surface area contributed by atoms with Crippen LogP contribution in [0.2, 0.25) is 10.0 Å². The van der Waals surface area contributed by atoms with Gasteiger partial charge < -0.3 is 0 Å². The number of hydrogen-bond donors (Lipinski definition) is 0. The lowest BCUT2D eigenvalue weighted by Gasteiger charge is -2.04. The van der Waals surface area contributed by atoms with Gasteiger partial charge in [-0.2, -0.15) is 0 Å². The Morgan fingerprint density at radius 2 is 1.94 bits per heavy atom. The Morgan fingerprint density at radius 1 is 1.18 bits per heavy atom. The van der Waals surface area contributed by atoms with E-state index in [0.717, 1.165) is 5.56 Å². The van der Waals surface area contributed by atoms with E-state index in [1.165, 1.54) is 6.20 Å². The minimum atomic E-state index is -0.150. The van der Waals surface area contributed by atoms with Crippen molar-refractivity contribution in [2.75, 3.05) is 0 Å². The van der Waals surface area contributed by atoms with Gasteiger partial charge in [-0.25, -0.2) is 0 Å². The fraction of sp³-hybridized carbons (Fsp3) is 0.0769. The quantitative estimate of drug-likeness (QED) is 0.771. The second-order valence-corrected chi connectivity index (χ2v) is 4.55. The van der Waals surface area contributed by atoms with Crippen LogP contribution < -0.4 is 0 Å². The van der Waals surface area contributed by atoms with Crippen LogP contribution in [0.1, 0.15) is 21.5 Å². The third-order valence-corrected chi connectivity index (χ3v) is 2.86. The molecule has 0 unspecified atom stereocenters. The van der Waals surface area contributed by atoms with E-state index in [1.807, 2.05) is 6.92 Å². The summed E-state index contributed by atoms with van der Waals surface area (Å²) in [6.07, 6.45) is 3.22. The van der Waals surface area contributed by atoms with Crippen molar-refractivity contribution in [3.05, 3.63) is 63.4 Å². The lowest BCUT2D eigenvalue weighted by molar-refractivity contribution is 0.103. The van der Waals surface area contributed by atoms with Crippen molar-refractivity contribution in [2.45, 2.75) is 6.92 Å². The molecule has 0 bridgehead atoms. The molecule has 4 heteroatoms. The van der Waals surface area contributed by atoms with Gasteiger partial charge in [-0.05, 0) is 36.8 Å². The van der Waals surface area contributed by atoms with E-state index in [4.69, 9.17) is 23.2 Å². The highest BCUT2D eigenvalue weighted by molar-refractivity contribution is 6.37. The zero-order chi connectivity index (χ0) is 12.4. The Bertz CT molecular complexity index is 581. The van der Waals surface area contributed by atoms with Crippen LogP contribution >= 0.6 is 23.2 Å². The first-order valence-electron chi connectivity index (χ1n) is 4.99. The van der Waals surface area contributed by atoms with Crippen LogP contribution in [0.15, 0.2) is 36.7 Å². The Balaban J connectivity index is 2.44. The number of aryl methyl sites for hydroxylation is 1. The molecule has 0 radical (unpaired) electrons. The van der Waals surface area contributed by atoms with Gasteiger partial charge in [0.1, 0.15) is 0 Å². The highest BCUT2D eigenvalue weighted by atomic mass is 35.5. The van der Waals surface area contributed by atoms with Crippen LogP contribution in [-0.2, 0) is 0 Å². The molecule has 17 heavy (non-hydrogen) atoms. The molecule has 2 nitrogen and oxygen atoms in total. The normalized spacial score (nSPS) is 10.3. The summed E-state index contributed by atoms with van der Waals surface area (Å²) in [5, 5.41) is 0.859. The summed E-state index contributed by atoms with van der Waals surface area (Å²) in [6.45, 7) is 1.88. The molecule has 0 aliphatic rings. The molecule has 0 saturated heterocycles. The number of rotatable bonds is 2. The largest absolute Gasteiger partial charge is 0.288 e. The topological polar surface area (TPSA) is 30.0 Å². The first-order valence-corrected chi connectivity index (χ1v) is 5.75. The van der Waals surface area contributed by atoms with Crippen molar-refractivity contribution < 1.29 is 4.79 Å². The van der Waals surface area contributed by atoms with Crippen molar-refractivity contribution in [1.82, 2.24) is 4.98 Å². The van der Waals surface area contributed by atoms with Gasteiger partial charge in [0, 0.05) is 28.5 Å². The van der Waals surface area contributed by atoms with Gasteiger partial charge in [-0.3, -0.25) is 9.78 Å². The summed E-state index contributed by atoms with van der Waals surface area (Å²) < 4.78 is 0. The van der Waals surface area contributed by atoms with Gasteiger partial charge in [0.25, 0.3) is 0 Å². The molecule has 2 aromatic rings. The molecule has 2 rings (SSSR count). The van der Waals surface area contributed by atoms with Crippen LogP contribution in [-0.4, -0.2) is 10.8 Å². The summed E-state index contributed by atoms with van der Waals surface area (Å²) in [5.74, 6) is -0.150. The van der Waals surface area contributed by atoms with Crippen LogP contribution in [0.4, 0.5) is 0 Å². The summed E-state index contributed by atoms with van der Waals surface area (Å²) in [5.41, 5.74) is 1.89. The third-order valence-electron chi connectivity index (χ3n) is 2.31. The van der Waals surface area contributed by atoms with Crippen molar-refractivity contribution in [1.29, 1.82) is 0 Å². The summed E-state index contributed by atoms with van der Waals surface area (Å²) >= 11 is 11.8. The fourth-order valence-electron chi connectivity index (χ4n) is 1.51. The van der Waals surface area contributed by atoms with Gasteiger partial charge >= 0.3 is 0 Å². The zero-order valence-corrected chi connectivity index (χ0v) is 10.6. The smallest absolute Gasteiger partial charge is 0.196 e. The lowest BCUT2D eigenvalue weighted by Crippen LogP contribution is -2.03. The number of carbonyl (C=O) groups excluding carboxylic acids is 1. The molecule has 86 valence electrons. The predicted molar refractivity (Wildman–Crippen MR) is 68.9 cm³/mol. The van der Waals surface area contributed by atoms with Gasteiger partial charge in [-0.15, -0.1) is 0 Å². The number of halogens is 2. The zero-order valence-electron chi connectivity index (χ0n) is 9.08. The Morgan fingerprint density at radius 3 is 2.59 bits per heavy atom. The second kappa shape index (κ2) is 4.86. The van der Waals surface area contributed by atoms with Crippen LogP contribution in [0.3, 0.4) is 0 Å². The standard InChI is InChI=1S/C13H9Cl2NO/c1-8-4-9(7-16-6-8)13(17)11-3-2-10(14)5-12(11)15/h2-7H,1H3. The predicted octanol–water partition coefficient (Wildman–Crippen LogP) is 3.93. The maximum atomic E-state index is 12.2. The average molecular weight is 266 g/mol. The molecule has 0 spiro atoms. The van der Waals surface area contributed by atoms with Crippen LogP contribution in [0, 0.1) is 6.92 Å². The minimum absolute atomic E-state index is 0.150. The second-order valence-electron chi connectivity index (χ2n) is 3.70. The maximum absolute atomic E-state index is 12.2. The molecule has 0 saturated carbocycles. The van der Waals surface area contributed by atoms with Crippen molar-refractivity contribution >= 4 is 29.0 Å². The summed E-state index contributed by atoms with van der Waals surface area (Å²) in [7, 11) is 0. The Kier molecular flexibility index (Phi) is 3.46. The highest BCUT2D eigenvalue weighted by Crippen LogP contribution is 2.23. The average Bonchev–Trinajstić information content (AvgIpc) is 2.28. The molecule has 1 aromatic heterocycles. The Labute approximate surface area is 109 Å². The molecule has 1 heterocycles. The molecule has 0 amide bonds. The molecule has 0 aliphatic carbocycles. The summed E-state index contributed by atoms with van der Waals surface area (Å²) in [6, 6.07) is 6.60. The van der Waals surface area contributed by atoms with E-state index < -0.39 is 0 Å². The van der Waals surface area contributed by atoms with Crippen molar-refractivity contribution in [3.63, 3.8) is 0 Å². The first kappa shape index (κ1) is 12.1. The molecular formula is C13H9Cl2NO. The van der Waals surface area contributed by atoms with E-state index in [-0.39, 0.29) is 5.78 Å². The Hall–Kier alpha value is -1.38. The number of aromatic nitrogens is 1. The van der Waals surface area contributed by atoms with Gasteiger partial charge in [0.2, 0.25) is 0 Å². The SMILES string of the molecule is Cc1cncc(C(=O)c2ccc(Cl)cc2Cl)c1. The monoisotopic (exact) mass is 265 g/mol. The van der Waals surface area contributed by atoms with Gasteiger partial charge in [0.15, 0.2) is 5.78 Å². The van der Waals surface area contributed by atoms with Crippen molar-refractivity contribution in [2.24, 2.45) is 0 Å². The van der Waals surface area contributed by atoms with E-state index in [1.54, 1.807) is 30.5 Å². The van der Waals surface area contributed by atoms with Gasteiger partial charge in [-0.1, -0.05) is 23.2 Å². The minimum Gasteiger partial charge on any atom is -0.288 e. The first-order chi connectivity index (χ1) is 8.08. The molecule has 0 aliphatic heterocycles. The van der Waals surface area contributed by atoms with E-state index in [9.17, 15) is 4.79 Å². The molecule has 0 N–H and O–H groups in total. The number of carbonyl (C=O) groups is 1. The number of nitrogens with zero attached hydrogens (tertiary/aromatic N) is 1. The number of ketones is 1. The molecule has 1 aromatic carbocycles. The third kappa shape index (κ3) is 2.65. The van der Waals surface area contributed by atoms with Crippen molar-refractivity contribution in [3.8, 4) is 0 Å². The fourth-order valence-corrected chi connectivity index (χ4v) is 2.00. The molecule has 0 fully saturated rings. The van der Waals surface area contributed by atoms with E-state index >= 15 is 0 Å². The van der Waals surface area contributed by atoms with E-state index in [0.29, 0.717) is 21.2 Å². The highest BCUT2D eigenvalue weighted by Gasteiger charge is 2.13. The number of benzene rings is 1. The van der Waals surface area contributed by atoms with Crippen LogP contribution in [0.5, 0.6) is 0 Å². The maximum Gasteiger partial charge on any atom is 0.196 e. The number of pyridine rings is 1. The van der Waals surface area contributed by atoms with Gasteiger partial charge in [0.05, 0.1) is 5.02 Å². The summed E-state index contributed by atoms with van der Waals surface area (Å²) in [4.78, 5) is 16.2. The van der Waals surface area contributed by atoms with E-state index in [2.05, 4.69) is 4.98 Å². The molecular weight excluding hydrogens is 257 g/mol. The van der Waals surface area contributed by atoms with Crippen LogP contribution in [0.25, 0.3) is 0 Å². The number of hydrogen-bond acceptors (Lipinski definition) is 2.